The third-order valence-electron chi connectivity index (χ3n) is 2.33. The first kappa shape index (κ1) is 14.3. The number of methoxy groups -OCH3 is 2. The van der Waals surface area contributed by atoms with Crippen LogP contribution in [0.4, 0.5) is 0 Å². The molecule has 0 fully saturated rings. The Morgan fingerprint density at radius 2 is 2.11 bits per heavy atom. The number of benzene rings is 1. The first-order chi connectivity index (χ1) is 8.71. The van der Waals surface area contributed by atoms with E-state index in [9.17, 15) is 4.79 Å². The van der Waals surface area contributed by atoms with Crippen LogP contribution >= 0.6 is 0 Å². The molecular formula is C12H18N2O4. The number of ether oxygens (including phenoxy) is 2. The maximum Gasteiger partial charge on any atom is 0.257 e. The van der Waals surface area contributed by atoms with Gasteiger partial charge in [0, 0.05) is 12.0 Å². The predicted octanol–water partition coefficient (Wildman–Crippen LogP) is 0.253. The summed E-state index contributed by atoms with van der Waals surface area (Å²) in [7, 11) is 3.20. The van der Waals surface area contributed by atoms with E-state index in [4.69, 9.17) is 20.0 Å². The van der Waals surface area contributed by atoms with E-state index in [1.54, 1.807) is 14.2 Å². The van der Waals surface area contributed by atoms with Crippen LogP contribution in [0.3, 0.4) is 0 Å². The fraction of sp³-hybridized carbons (Fsp3) is 0.417. The monoisotopic (exact) mass is 254 g/mol. The Morgan fingerprint density at radius 3 is 2.72 bits per heavy atom. The van der Waals surface area contributed by atoms with Gasteiger partial charge in [0.1, 0.15) is 11.5 Å². The minimum absolute atomic E-state index is 0.0948. The largest absolute Gasteiger partial charge is 0.497 e. The number of hydrogen-bond acceptors (Lipinski definition) is 5. The third-order valence-corrected chi connectivity index (χ3v) is 2.33. The molecule has 0 unspecified atom stereocenters. The Hall–Kier alpha value is -1.79. The van der Waals surface area contributed by atoms with E-state index in [0.717, 1.165) is 17.1 Å². The molecule has 0 aliphatic carbocycles. The van der Waals surface area contributed by atoms with Crippen molar-refractivity contribution < 1.29 is 19.1 Å². The summed E-state index contributed by atoms with van der Waals surface area (Å²) in [5, 5.41) is 0. The maximum atomic E-state index is 10.8. The van der Waals surface area contributed by atoms with Crippen molar-refractivity contribution in [3.63, 3.8) is 0 Å². The molecule has 3 N–H and O–H groups in total. The first-order valence-electron chi connectivity index (χ1n) is 5.53. The van der Waals surface area contributed by atoms with Gasteiger partial charge >= 0.3 is 0 Å². The Kier molecular flexibility index (Phi) is 5.96. The zero-order valence-corrected chi connectivity index (χ0v) is 10.6. The van der Waals surface area contributed by atoms with E-state index in [0.29, 0.717) is 13.0 Å². The molecule has 0 aromatic heterocycles. The van der Waals surface area contributed by atoms with Gasteiger partial charge in [-0.1, -0.05) is 0 Å². The molecule has 0 bridgehead atoms. The molecule has 1 aromatic rings. The first-order valence-corrected chi connectivity index (χ1v) is 5.53. The Balaban J connectivity index is 2.52. The molecule has 0 heterocycles. The van der Waals surface area contributed by atoms with Crippen LogP contribution in [0.1, 0.15) is 5.56 Å². The Morgan fingerprint density at radius 1 is 1.33 bits per heavy atom. The lowest BCUT2D eigenvalue weighted by Gasteiger charge is -2.10. The van der Waals surface area contributed by atoms with Crippen LogP contribution in [-0.4, -0.2) is 33.3 Å². The van der Waals surface area contributed by atoms with Crippen LogP contribution < -0.4 is 20.7 Å². The van der Waals surface area contributed by atoms with Crippen molar-refractivity contribution in [1.82, 2.24) is 5.48 Å². The normalized spacial score (nSPS) is 9.94. The lowest BCUT2D eigenvalue weighted by Crippen LogP contribution is -2.30. The van der Waals surface area contributed by atoms with Gasteiger partial charge in [-0.15, -0.1) is 0 Å². The van der Waals surface area contributed by atoms with Crippen molar-refractivity contribution in [3.05, 3.63) is 23.8 Å². The zero-order valence-electron chi connectivity index (χ0n) is 10.6. The highest BCUT2D eigenvalue weighted by molar-refractivity contribution is 5.76. The smallest absolute Gasteiger partial charge is 0.257 e. The second kappa shape index (κ2) is 7.52. The molecule has 1 aromatic carbocycles. The van der Waals surface area contributed by atoms with Gasteiger partial charge in [0.15, 0.2) is 0 Å². The van der Waals surface area contributed by atoms with E-state index in [2.05, 4.69) is 5.48 Å². The molecule has 0 spiro atoms. The molecular weight excluding hydrogens is 236 g/mol. The molecule has 6 heteroatoms. The fourth-order valence-corrected chi connectivity index (χ4v) is 1.41. The summed E-state index contributed by atoms with van der Waals surface area (Å²) in [5.74, 6) is 1.15. The van der Waals surface area contributed by atoms with Crippen molar-refractivity contribution in [2.45, 2.75) is 6.42 Å². The zero-order chi connectivity index (χ0) is 13.4. The highest BCUT2D eigenvalue weighted by Gasteiger charge is 2.05. The number of hydrogen-bond donors (Lipinski definition) is 2. The third kappa shape index (κ3) is 4.23. The molecule has 0 atom stereocenters. The number of hydroxylamine groups is 1. The SMILES string of the molecule is COc1ccc(OC)c(CCONC(=O)CN)c1. The van der Waals surface area contributed by atoms with Gasteiger partial charge in [0.2, 0.25) is 0 Å². The molecule has 1 amide bonds. The minimum Gasteiger partial charge on any atom is -0.497 e. The average molecular weight is 254 g/mol. The summed E-state index contributed by atoms with van der Waals surface area (Å²) in [6.45, 7) is 0.234. The van der Waals surface area contributed by atoms with Crippen molar-refractivity contribution in [3.8, 4) is 11.5 Å². The lowest BCUT2D eigenvalue weighted by molar-refractivity contribution is -0.131. The number of amides is 1. The minimum atomic E-state index is -0.354. The highest BCUT2D eigenvalue weighted by Crippen LogP contribution is 2.24. The van der Waals surface area contributed by atoms with E-state index in [1.165, 1.54) is 0 Å². The number of nitrogens with one attached hydrogen (secondary N) is 1. The van der Waals surface area contributed by atoms with Gasteiger partial charge < -0.3 is 15.2 Å². The van der Waals surface area contributed by atoms with Crippen molar-refractivity contribution in [2.24, 2.45) is 5.73 Å². The molecule has 100 valence electrons. The highest BCUT2D eigenvalue weighted by atomic mass is 16.6. The van der Waals surface area contributed by atoms with Crippen molar-refractivity contribution in [1.29, 1.82) is 0 Å². The number of carbonyl (C=O) groups is 1. The van der Waals surface area contributed by atoms with Crippen LogP contribution in [0.2, 0.25) is 0 Å². The summed E-state index contributed by atoms with van der Waals surface area (Å²) >= 11 is 0. The molecule has 0 saturated heterocycles. The Labute approximate surface area is 106 Å². The van der Waals surface area contributed by atoms with E-state index in [1.807, 2.05) is 18.2 Å². The summed E-state index contributed by atoms with van der Waals surface area (Å²) in [5.41, 5.74) is 8.30. The molecule has 18 heavy (non-hydrogen) atoms. The van der Waals surface area contributed by atoms with Gasteiger partial charge in [0.05, 0.1) is 27.4 Å². The van der Waals surface area contributed by atoms with Crippen molar-refractivity contribution >= 4 is 5.91 Å². The predicted molar refractivity (Wildman–Crippen MR) is 66.4 cm³/mol. The molecule has 0 saturated carbocycles. The fourth-order valence-electron chi connectivity index (χ4n) is 1.41. The molecule has 0 radical (unpaired) electrons. The Bertz CT molecular complexity index is 396. The molecule has 0 aliphatic rings. The summed E-state index contributed by atoms with van der Waals surface area (Å²) < 4.78 is 10.4. The maximum absolute atomic E-state index is 10.8. The van der Waals surface area contributed by atoms with Gasteiger partial charge in [-0.2, -0.15) is 0 Å². The van der Waals surface area contributed by atoms with Crippen LogP contribution in [0.25, 0.3) is 0 Å². The van der Waals surface area contributed by atoms with E-state index < -0.39 is 0 Å². The number of rotatable bonds is 7. The second-order valence-corrected chi connectivity index (χ2v) is 3.51. The summed E-state index contributed by atoms with van der Waals surface area (Å²) in [4.78, 5) is 15.8. The number of carbonyl (C=O) groups excluding carboxylic acids is 1. The van der Waals surface area contributed by atoms with Crippen molar-refractivity contribution in [2.75, 3.05) is 27.4 Å². The van der Waals surface area contributed by atoms with Gasteiger partial charge in [-0.25, -0.2) is 5.48 Å². The molecule has 0 aliphatic heterocycles. The van der Waals surface area contributed by atoms with Crippen LogP contribution in [-0.2, 0) is 16.1 Å². The topological polar surface area (TPSA) is 82.8 Å². The summed E-state index contributed by atoms with van der Waals surface area (Å²) in [6.07, 6.45) is 0.589. The lowest BCUT2D eigenvalue weighted by atomic mass is 10.1. The van der Waals surface area contributed by atoms with Crippen LogP contribution in [0.15, 0.2) is 18.2 Å². The van der Waals surface area contributed by atoms with Gasteiger partial charge in [-0.3, -0.25) is 9.63 Å². The van der Waals surface area contributed by atoms with E-state index >= 15 is 0 Å². The quantitative estimate of drug-likeness (QED) is 0.538. The van der Waals surface area contributed by atoms with Gasteiger partial charge in [0.25, 0.3) is 5.91 Å². The standard InChI is InChI=1S/C12H18N2O4/c1-16-10-3-4-11(17-2)9(7-10)5-6-18-14-12(15)8-13/h3-4,7H,5-6,8,13H2,1-2H3,(H,14,15). The second-order valence-electron chi connectivity index (χ2n) is 3.51. The van der Waals surface area contributed by atoms with Gasteiger partial charge in [-0.05, 0) is 18.2 Å². The molecule has 6 nitrogen and oxygen atoms in total. The van der Waals surface area contributed by atoms with E-state index in [-0.39, 0.29) is 12.5 Å². The van der Waals surface area contributed by atoms with Crippen LogP contribution in [0, 0.1) is 0 Å². The number of nitrogens with two attached hydrogens (primary N) is 1. The molecule has 1 rings (SSSR count). The van der Waals surface area contributed by atoms with Crippen LogP contribution in [0.5, 0.6) is 11.5 Å². The average Bonchev–Trinajstić information content (AvgIpc) is 2.42. The summed E-state index contributed by atoms with van der Waals surface area (Å²) in [6, 6.07) is 5.51.